The van der Waals surface area contributed by atoms with Gasteiger partial charge in [-0.1, -0.05) is 6.92 Å². The third-order valence-corrected chi connectivity index (χ3v) is 3.28. The molecule has 0 aliphatic carbocycles. The van der Waals surface area contributed by atoms with Crippen LogP contribution in [0.2, 0.25) is 0 Å². The lowest BCUT2D eigenvalue weighted by molar-refractivity contribution is 0.575. The molecule has 0 spiro atoms. The molecule has 2 rings (SSSR count). The highest BCUT2D eigenvalue weighted by molar-refractivity contribution is 5.85. The summed E-state index contributed by atoms with van der Waals surface area (Å²) in [6, 6.07) is 2.14. The average molecular weight is 298 g/mol. The van der Waals surface area contributed by atoms with Gasteiger partial charge in [0, 0.05) is 13.1 Å². The standard InChI is InChI=1S/C14H23N5.ClH/c1-5-7-19-13(8-11(3)17-19)9-15-14-10-16-18(6-2)12(14)4;/h8,10,15H,5-7,9H2,1-4H3;1H. The number of rotatable bonds is 6. The van der Waals surface area contributed by atoms with E-state index in [1.54, 1.807) is 0 Å². The van der Waals surface area contributed by atoms with Crippen LogP contribution in [0.1, 0.15) is 37.4 Å². The van der Waals surface area contributed by atoms with Crippen molar-refractivity contribution in [3.8, 4) is 0 Å². The lowest BCUT2D eigenvalue weighted by Gasteiger charge is -2.08. The molecule has 0 unspecified atom stereocenters. The quantitative estimate of drug-likeness (QED) is 0.891. The Hall–Kier alpha value is -1.49. The molecule has 0 amide bonds. The first-order valence-corrected chi connectivity index (χ1v) is 6.95. The van der Waals surface area contributed by atoms with Crippen molar-refractivity contribution >= 4 is 18.1 Å². The van der Waals surface area contributed by atoms with Gasteiger partial charge in [0.25, 0.3) is 0 Å². The van der Waals surface area contributed by atoms with Gasteiger partial charge in [0.15, 0.2) is 0 Å². The van der Waals surface area contributed by atoms with E-state index < -0.39 is 0 Å². The van der Waals surface area contributed by atoms with E-state index >= 15 is 0 Å². The van der Waals surface area contributed by atoms with Crippen molar-refractivity contribution in [3.05, 3.63) is 29.3 Å². The molecular formula is C14H24ClN5. The summed E-state index contributed by atoms with van der Waals surface area (Å²) < 4.78 is 4.08. The Morgan fingerprint density at radius 2 is 1.95 bits per heavy atom. The predicted octanol–water partition coefficient (Wildman–Crippen LogP) is 3.16. The van der Waals surface area contributed by atoms with E-state index in [4.69, 9.17) is 0 Å². The smallest absolute Gasteiger partial charge is 0.0759 e. The van der Waals surface area contributed by atoms with Crippen LogP contribution in [0.25, 0.3) is 0 Å². The third kappa shape index (κ3) is 3.54. The first kappa shape index (κ1) is 16.6. The molecule has 0 aromatic carbocycles. The maximum Gasteiger partial charge on any atom is 0.0759 e. The minimum Gasteiger partial charge on any atom is -0.377 e. The number of aromatic nitrogens is 4. The number of anilines is 1. The van der Waals surface area contributed by atoms with E-state index in [-0.39, 0.29) is 12.4 Å². The van der Waals surface area contributed by atoms with Crippen molar-refractivity contribution in [2.45, 2.75) is 53.8 Å². The fourth-order valence-electron chi connectivity index (χ4n) is 2.27. The zero-order valence-corrected chi connectivity index (χ0v) is 13.5. The number of hydrogen-bond acceptors (Lipinski definition) is 3. The second-order valence-corrected chi connectivity index (χ2v) is 4.81. The van der Waals surface area contributed by atoms with E-state index in [0.717, 1.165) is 37.4 Å². The van der Waals surface area contributed by atoms with Gasteiger partial charge in [-0.05, 0) is 33.3 Å². The highest BCUT2D eigenvalue weighted by Gasteiger charge is 2.08. The molecule has 2 aromatic rings. The summed E-state index contributed by atoms with van der Waals surface area (Å²) in [5.74, 6) is 0. The molecule has 0 saturated carbocycles. The molecule has 0 atom stereocenters. The fourth-order valence-corrected chi connectivity index (χ4v) is 2.27. The van der Waals surface area contributed by atoms with Crippen LogP contribution in [-0.2, 0) is 19.6 Å². The van der Waals surface area contributed by atoms with Gasteiger partial charge in [-0.2, -0.15) is 10.2 Å². The molecule has 0 fully saturated rings. The van der Waals surface area contributed by atoms with Gasteiger partial charge >= 0.3 is 0 Å². The number of nitrogens with one attached hydrogen (secondary N) is 1. The SMILES string of the molecule is CCCn1nc(C)cc1CNc1cnn(CC)c1C.Cl. The van der Waals surface area contributed by atoms with Gasteiger partial charge in [-0.3, -0.25) is 9.36 Å². The summed E-state index contributed by atoms with van der Waals surface area (Å²) in [6.07, 6.45) is 2.99. The van der Waals surface area contributed by atoms with Crippen LogP contribution in [0.3, 0.4) is 0 Å². The van der Waals surface area contributed by atoms with Crippen molar-refractivity contribution in [3.63, 3.8) is 0 Å². The second kappa shape index (κ2) is 7.33. The van der Waals surface area contributed by atoms with Crippen molar-refractivity contribution in [1.82, 2.24) is 19.6 Å². The van der Waals surface area contributed by atoms with Gasteiger partial charge < -0.3 is 5.32 Å². The number of hydrogen-bond donors (Lipinski definition) is 1. The van der Waals surface area contributed by atoms with Crippen LogP contribution >= 0.6 is 12.4 Å². The molecule has 2 heterocycles. The summed E-state index contributed by atoms with van der Waals surface area (Å²) in [6.45, 7) is 11.1. The van der Waals surface area contributed by atoms with E-state index in [9.17, 15) is 0 Å². The Morgan fingerprint density at radius 1 is 1.20 bits per heavy atom. The summed E-state index contributed by atoms with van der Waals surface area (Å²) in [4.78, 5) is 0. The van der Waals surface area contributed by atoms with Crippen LogP contribution in [0, 0.1) is 13.8 Å². The van der Waals surface area contributed by atoms with Gasteiger partial charge in [0.2, 0.25) is 0 Å². The molecule has 1 N–H and O–H groups in total. The third-order valence-electron chi connectivity index (χ3n) is 3.28. The number of nitrogens with zero attached hydrogens (tertiary/aromatic N) is 4. The molecule has 2 aromatic heterocycles. The monoisotopic (exact) mass is 297 g/mol. The zero-order valence-electron chi connectivity index (χ0n) is 12.7. The highest BCUT2D eigenvalue weighted by atomic mass is 35.5. The summed E-state index contributed by atoms with van der Waals surface area (Å²) in [7, 11) is 0. The van der Waals surface area contributed by atoms with Crippen LogP contribution in [0.5, 0.6) is 0 Å². The van der Waals surface area contributed by atoms with E-state index in [2.05, 4.69) is 47.0 Å². The minimum atomic E-state index is 0. The van der Waals surface area contributed by atoms with Crippen molar-refractivity contribution in [1.29, 1.82) is 0 Å². The Morgan fingerprint density at radius 3 is 2.55 bits per heavy atom. The van der Waals surface area contributed by atoms with Crippen LogP contribution in [0.4, 0.5) is 5.69 Å². The summed E-state index contributed by atoms with van der Waals surface area (Å²) in [5, 5.41) is 12.3. The molecule has 20 heavy (non-hydrogen) atoms. The van der Waals surface area contributed by atoms with E-state index in [0.29, 0.717) is 0 Å². The molecule has 0 bridgehead atoms. The number of aryl methyl sites for hydroxylation is 3. The zero-order chi connectivity index (χ0) is 13.8. The second-order valence-electron chi connectivity index (χ2n) is 4.81. The van der Waals surface area contributed by atoms with Gasteiger partial charge in [-0.15, -0.1) is 12.4 Å². The van der Waals surface area contributed by atoms with Crippen molar-refractivity contribution in [2.24, 2.45) is 0 Å². The van der Waals surface area contributed by atoms with Crippen LogP contribution in [-0.4, -0.2) is 19.6 Å². The maximum atomic E-state index is 4.51. The fraction of sp³-hybridized carbons (Fsp3) is 0.571. The normalized spacial score (nSPS) is 10.4. The lowest BCUT2D eigenvalue weighted by atomic mass is 10.3. The topological polar surface area (TPSA) is 47.7 Å². The van der Waals surface area contributed by atoms with Gasteiger partial charge in [-0.25, -0.2) is 0 Å². The molecule has 6 heteroatoms. The minimum absolute atomic E-state index is 0. The first-order chi connectivity index (χ1) is 9.15. The van der Waals surface area contributed by atoms with Crippen molar-refractivity contribution < 1.29 is 0 Å². The molecule has 0 saturated heterocycles. The Bertz CT molecular complexity index is 544. The summed E-state index contributed by atoms with van der Waals surface area (Å²) >= 11 is 0. The molecule has 112 valence electrons. The molecule has 0 aliphatic heterocycles. The Labute approximate surface area is 126 Å². The highest BCUT2D eigenvalue weighted by Crippen LogP contribution is 2.15. The van der Waals surface area contributed by atoms with Crippen LogP contribution < -0.4 is 5.32 Å². The average Bonchev–Trinajstić information content (AvgIpc) is 2.91. The summed E-state index contributed by atoms with van der Waals surface area (Å²) in [5.41, 5.74) is 4.58. The van der Waals surface area contributed by atoms with Crippen LogP contribution in [0.15, 0.2) is 12.3 Å². The number of halogens is 1. The Kier molecular flexibility index (Phi) is 6.07. The molecule has 0 radical (unpaired) electrons. The van der Waals surface area contributed by atoms with E-state index in [1.807, 2.05) is 17.8 Å². The molecular weight excluding hydrogens is 274 g/mol. The molecule has 5 nitrogen and oxygen atoms in total. The molecule has 0 aliphatic rings. The van der Waals surface area contributed by atoms with Gasteiger partial charge in [0.05, 0.1) is 35.5 Å². The lowest BCUT2D eigenvalue weighted by Crippen LogP contribution is -2.09. The first-order valence-electron chi connectivity index (χ1n) is 6.95. The Balaban J connectivity index is 0.00000200. The van der Waals surface area contributed by atoms with Crippen molar-refractivity contribution in [2.75, 3.05) is 5.32 Å². The largest absolute Gasteiger partial charge is 0.377 e. The maximum absolute atomic E-state index is 4.51. The predicted molar refractivity (Wildman–Crippen MR) is 84.5 cm³/mol. The van der Waals surface area contributed by atoms with Gasteiger partial charge in [0.1, 0.15) is 0 Å². The van der Waals surface area contributed by atoms with E-state index in [1.165, 1.54) is 11.4 Å².